The van der Waals surface area contributed by atoms with E-state index in [0.29, 0.717) is 13.1 Å². The molecule has 0 fully saturated rings. The van der Waals surface area contributed by atoms with Gasteiger partial charge in [0.2, 0.25) is 0 Å². The first-order valence-electron chi connectivity index (χ1n) is 6.90. The minimum absolute atomic E-state index is 0.566. The van der Waals surface area contributed by atoms with Gasteiger partial charge in [-0.15, -0.1) is 5.10 Å². The Morgan fingerprint density at radius 3 is 2.86 bits per heavy atom. The van der Waals surface area contributed by atoms with Gasteiger partial charge in [0.1, 0.15) is 12.0 Å². The maximum atomic E-state index is 4.47. The van der Waals surface area contributed by atoms with Crippen molar-refractivity contribution >= 4 is 10.9 Å². The fourth-order valence-electron chi connectivity index (χ4n) is 2.39. The first-order chi connectivity index (χ1) is 10.8. The number of hydrogen-bond acceptors (Lipinski definition) is 5. The van der Waals surface area contributed by atoms with Crippen LogP contribution < -0.4 is 0 Å². The molecule has 0 saturated heterocycles. The minimum Gasteiger partial charge on any atom is -0.344 e. The van der Waals surface area contributed by atoms with E-state index in [4.69, 9.17) is 0 Å². The fourth-order valence-corrected chi connectivity index (χ4v) is 2.39. The standard InChI is InChI=1S/C14H14N8/c1-20-6-12(17-19-20)7-22-10-16-14(18-22)9-21-5-11-3-2-4-15-13(11)8-21/h2-6,8,10H,7,9H2,1H3. The minimum atomic E-state index is 0.566. The molecule has 0 amide bonds. The van der Waals surface area contributed by atoms with Gasteiger partial charge in [-0.1, -0.05) is 5.21 Å². The van der Waals surface area contributed by atoms with Gasteiger partial charge in [0.25, 0.3) is 0 Å². The average Bonchev–Trinajstić information content (AvgIpc) is 3.20. The van der Waals surface area contributed by atoms with Crippen LogP contribution in [0.2, 0.25) is 0 Å². The second-order valence-electron chi connectivity index (χ2n) is 5.15. The summed E-state index contributed by atoms with van der Waals surface area (Å²) >= 11 is 0. The van der Waals surface area contributed by atoms with E-state index in [1.165, 1.54) is 0 Å². The van der Waals surface area contributed by atoms with E-state index in [-0.39, 0.29) is 0 Å². The van der Waals surface area contributed by atoms with Gasteiger partial charge in [0.15, 0.2) is 5.82 Å². The summed E-state index contributed by atoms with van der Waals surface area (Å²) in [4.78, 5) is 8.66. The van der Waals surface area contributed by atoms with Crippen LogP contribution in [0.25, 0.3) is 10.9 Å². The molecule has 0 radical (unpaired) electrons. The highest BCUT2D eigenvalue weighted by molar-refractivity contribution is 5.77. The van der Waals surface area contributed by atoms with E-state index >= 15 is 0 Å². The second kappa shape index (κ2) is 5.06. The van der Waals surface area contributed by atoms with E-state index in [0.717, 1.165) is 22.4 Å². The number of pyridine rings is 1. The Kier molecular flexibility index (Phi) is 2.92. The number of aromatic nitrogens is 8. The summed E-state index contributed by atoms with van der Waals surface area (Å²) in [6.45, 7) is 1.18. The van der Waals surface area contributed by atoms with Crippen LogP contribution >= 0.6 is 0 Å². The third-order valence-corrected chi connectivity index (χ3v) is 3.35. The third-order valence-electron chi connectivity index (χ3n) is 3.35. The largest absolute Gasteiger partial charge is 0.344 e. The highest BCUT2D eigenvalue weighted by atomic mass is 15.4. The summed E-state index contributed by atoms with van der Waals surface area (Å²) in [6, 6.07) is 3.97. The molecular weight excluding hydrogens is 280 g/mol. The smallest absolute Gasteiger partial charge is 0.170 e. The van der Waals surface area contributed by atoms with Crippen molar-refractivity contribution in [2.75, 3.05) is 0 Å². The van der Waals surface area contributed by atoms with E-state index in [1.54, 1.807) is 21.9 Å². The lowest BCUT2D eigenvalue weighted by Crippen LogP contribution is -2.03. The first kappa shape index (κ1) is 12.7. The van der Waals surface area contributed by atoms with Crippen molar-refractivity contribution in [2.45, 2.75) is 13.1 Å². The molecule has 110 valence electrons. The lowest BCUT2D eigenvalue weighted by atomic mass is 10.3. The molecule has 4 aromatic rings. The number of rotatable bonds is 4. The maximum Gasteiger partial charge on any atom is 0.170 e. The van der Waals surface area contributed by atoms with Gasteiger partial charge in [-0.05, 0) is 12.1 Å². The molecule has 8 heteroatoms. The Hall–Kier alpha value is -3.03. The van der Waals surface area contributed by atoms with E-state index in [9.17, 15) is 0 Å². The number of nitrogens with zero attached hydrogens (tertiary/aromatic N) is 8. The molecule has 8 nitrogen and oxygen atoms in total. The van der Waals surface area contributed by atoms with Crippen molar-refractivity contribution in [3.63, 3.8) is 0 Å². The summed E-state index contributed by atoms with van der Waals surface area (Å²) in [5, 5.41) is 13.5. The molecule has 0 aliphatic heterocycles. The topological polar surface area (TPSA) is 79.2 Å². The van der Waals surface area contributed by atoms with Gasteiger partial charge in [-0.2, -0.15) is 5.10 Å². The SMILES string of the molecule is Cn1cc(Cn2cnc(Cn3cc4cccnc4c3)n2)nn1. The summed E-state index contributed by atoms with van der Waals surface area (Å²) in [6.07, 6.45) is 9.42. The van der Waals surface area contributed by atoms with Crippen molar-refractivity contribution in [1.29, 1.82) is 0 Å². The van der Waals surface area contributed by atoms with E-state index < -0.39 is 0 Å². The molecule has 0 aliphatic carbocycles. The Morgan fingerprint density at radius 1 is 1.09 bits per heavy atom. The number of hydrogen-bond donors (Lipinski definition) is 0. The van der Waals surface area contributed by atoms with Crippen molar-refractivity contribution in [1.82, 2.24) is 39.3 Å². The molecular formula is C14H14N8. The zero-order chi connectivity index (χ0) is 14.9. The molecule has 0 aliphatic rings. The molecule has 0 unspecified atom stereocenters. The molecule has 4 heterocycles. The summed E-state index contributed by atoms with van der Waals surface area (Å²) in [5.74, 6) is 0.754. The predicted molar refractivity (Wildman–Crippen MR) is 79.0 cm³/mol. The predicted octanol–water partition coefficient (Wildman–Crippen LogP) is 0.853. The van der Waals surface area contributed by atoms with Crippen LogP contribution in [0.1, 0.15) is 11.5 Å². The highest BCUT2D eigenvalue weighted by Gasteiger charge is 2.06. The zero-order valence-electron chi connectivity index (χ0n) is 12.0. The molecule has 0 spiro atoms. The Morgan fingerprint density at radius 2 is 2.05 bits per heavy atom. The Balaban J connectivity index is 1.51. The van der Waals surface area contributed by atoms with Crippen LogP contribution in [-0.4, -0.2) is 39.3 Å². The van der Waals surface area contributed by atoms with Gasteiger partial charge in [0, 0.05) is 37.2 Å². The normalized spacial score (nSPS) is 11.3. The monoisotopic (exact) mass is 294 g/mol. The van der Waals surface area contributed by atoms with Gasteiger partial charge in [-0.25, -0.2) is 9.67 Å². The zero-order valence-corrected chi connectivity index (χ0v) is 12.0. The second-order valence-corrected chi connectivity index (χ2v) is 5.15. The van der Waals surface area contributed by atoms with E-state index in [2.05, 4.69) is 25.4 Å². The molecule has 0 bridgehead atoms. The van der Waals surface area contributed by atoms with Gasteiger partial charge < -0.3 is 4.57 Å². The Bertz CT molecular complexity index is 883. The average molecular weight is 294 g/mol. The lowest BCUT2D eigenvalue weighted by Gasteiger charge is -1.97. The van der Waals surface area contributed by atoms with E-state index in [1.807, 2.05) is 42.3 Å². The summed E-state index contributed by atoms with van der Waals surface area (Å²) in [5.41, 5.74) is 1.83. The van der Waals surface area contributed by atoms with Gasteiger partial charge >= 0.3 is 0 Å². The van der Waals surface area contributed by atoms with Crippen LogP contribution in [0.15, 0.2) is 43.2 Å². The van der Waals surface area contributed by atoms with Crippen molar-refractivity contribution in [2.24, 2.45) is 7.05 Å². The van der Waals surface area contributed by atoms with Crippen LogP contribution in [0.3, 0.4) is 0 Å². The molecule has 4 rings (SSSR count). The van der Waals surface area contributed by atoms with Crippen molar-refractivity contribution < 1.29 is 0 Å². The maximum absolute atomic E-state index is 4.47. The van der Waals surface area contributed by atoms with Crippen LogP contribution in [0, 0.1) is 0 Å². The van der Waals surface area contributed by atoms with Crippen molar-refractivity contribution in [3.8, 4) is 0 Å². The molecule has 22 heavy (non-hydrogen) atoms. The summed E-state index contributed by atoms with van der Waals surface area (Å²) in [7, 11) is 1.84. The quantitative estimate of drug-likeness (QED) is 0.557. The molecule has 0 N–H and O–H groups in total. The lowest BCUT2D eigenvalue weighted by molar-refractivity contribution is 0.644. The van der Waals surface area contributed by atoms with Crippen molar-refractivity contribution in [3.05, 3.63) is 54.8 Å². The third kappa shape index (κ3) is 2.46. The highest BCUT2D eigenvalue weighted by Crippen LogP contribution is 2.12. The number of fused-ring (bicyclic) bond motifs is 1. The first-order valence-corrected chi connectivity index (χ1v) is 6.90. The van der Waals surface area contributed by atoms with Gasteiger partial charge in [-0.3, -0.25) is 9.67 Å². The van der Waals surface area contributed by atoms with Crippen LogP contribution in [0.4, 0.5) is 0 Å². The van der Waals surface area contributed by atoms with Crippen LogP contribution in [-0.2, 0) is 20.1 Å². The molecule has 0 saturated carbocycles. The van der Waals surface area contributed by atoms with Gasteiger partial charge in [0.05, 0.1) is 18.6 Å². The fraction of sp³-hybridized carbons (Fsp3) is 0.214. The molecule has 4 aromatic heterocycles. The molecule has 0 atom stereocenters. The summed E-state index contributed by atoms with van der Waals surface area (Å²) < 4.78 is 5.48. The van der Waals surface area contributed by atoms with Crippen LogP contribution in [0.5, 0.6) is 0 Å². The molecule has 0 aromatic carbocycles. The Labute approximate surface area is 126 Å². The number of aryl methyl sites for hydroxylation is 1.